The lowest BCUT2D eigenvalue weighted by molar-refractivity contribution is 0.0697. The van der Waals surface area contributed by atoms with Crippen LogP contribution < -0.4 is 10.5 Å². The summed E-state index contributed by atoms with van der Waals surface area (Å²) in [6.45, 7) is 4.14. The molecule has 1 heterocycles. The third-order valence-electron chi connectivity index (χ3n) is 5.09. The van der Waals surface area contributed by atoms with E-state index < -0.39 is 11.8 Å². The van der Waals surface area contributed by atoms with Crippen molar-refractivity contribution in [2.45, 2.75) is 32.8 Å². The molecule has 1 atom stereocenters. The number of halogens is 2. The first-order valence-corrected chi connectivity index (χ1v) is 9.88. The standard InChI is InChI=1S/C23H22ClFN2O3/c1-3-13(2)17-8-9-19(25)21(24)18(17)12-30-20-10-16(11-27-22(20)26)14-4-6-15(7-5-14)23(28)29/h4-11,13H,3,12H2,1-2H3,(H2,26,27)(H,28,29). The van der Waals surface area contributed by atoms with Gasteiger partial charge in [0.2, 0.25) is 0 Å². The van der Waals surface area contributed by atoms with Crippen molar-refractivity contribution >= 4 is 23.4 Å². The zero-order chi connectivity index (χ0) is 21.8. The third-order valence-corrected chi connectivity index (χ3v) is 5.50. The molecule has 3 N–H and O–H groups in total. The number of rotatable bonds is 7. The van der Waals surface area contributed by atoms with Crippen LogP contribution in [0.5, 0.6) is 5.75 Å². The van der Waals surface area contributed by atoms with Gasteiger partial charge in [-0.1, -0.05) is 43.6 Å². The van der Waals surface area contributed by atoms with Crippen LogP contribution in [0.15, 0.2) is 48.7 Å². The van der Waals surface area contributed by atoms with E-state index in [0.717, 1.165) is 17.5 Å². The number of carbonyl (C=O) groups is 1. The van der Waals surface area contributed by atoms with E-state index in [1.54, 1.807) is 30.5 Å². The van der Waals surface area contributed by atoms with Crippen molar-refractivity contribution in [3.05, 3.63) is 76.2 Å². The second-order valence-corrected chi connectivity index (χ2v) is 7.39. The zero-order valence-electron chi connectivity index (χ0n) is 16.7. The van der Waals surface area contributed by atoms with Crippen molar-refractivity contribution < 1.29 is 19.0 Å². The molecule has 0 bridgehead atoms. The molecular formula is C23H22ClFN2O3. The van der Waals surface area contributed by atoms with Crippen LogP contribution in [-0.2, 0) is 6.61 Å². The molecule has 0 spiro atoms. The Bertz CT molecular complexity index is 1070. The van der Waals surface area contributed by atoms with E-state index in [0.29, 0.717) is 16.9 Å². The molecule has 2 aromatic carbocycles. The van der Waals surface area contributed by atoms with Crippen LogP contribution in [0.3, 0.4) is 0 Å². The highest BCUT2D eigenvalue weighted by Crippen LogP contribution is 2.33. The van der Waals surface area contributed by atoms with E-state index in [-0.39, 0.29) is 28.9 Å². The van der Waals surface area contributed by atoms with Crippen LogP contribution in [0.1, 0.15) is 47.7 Å². The summed E-state index contributed by atoms with van der Waals surface area (Å²) in [5.74, 6) is -0.772. The Morgan fingerprint density at radius 2 is 1.93 bits per heavy atom. The fourth-order valence-electron chi connectivity index (χ4n) is 3.12. The molecule has 3 aromatic rings. The number of nitrogens with zero attached hydrogens (tertiary/aromatic N) is 1. The van der Waals surface area contributed by atoms with Gasteiger partial charge in [-0.2, -0.15) is 0 Å². The molecule has 1 unspecified atom stereocenters. The molecule has 7 heteroatoms. The van der Waals surface area contributed by atoms with Gasteiger partial charge in [-0.05, 0) is 47.7 Å². The molecule has 0 saturated heterocycles. The number of aromatic nitrogens is 1. The van der Waals surface area contributed by atoms with Crippen molar-refractivity contribution in [2.24, 2.45) is 0 Å². The van der Waals surface area contributed by atoms with E-state index >= 15 is 0 Å². The van der Waals surface area contributed by atoms with Gasteiger partial charge in [0.05, 0.1) is 10.6 Å². The Morgan fingerprint density at radius 1 is 1.23 bits per heavy atom. The van der Waals surface area contributed by atoms with E-state index in [1.165, 1.54) is 18.2 Å². The molecule has 0 aliphatic carbocycles. The number of benzene rings is 2. The number of carboxylic acid groups (broad SMARTS) is 1. The highest BCUT2D eigenvalue weighted by Gasteiger charge is 2.17. The van der Waals surface area contributed by atoms with Gasteiger partial charge < -0.3 is 15.6 Å². The van der Waals surface area contributed by atoms with Crippen LogP contribution in [0.4, 0.5) is 10.2 Å². The molecule has 0 saturated carbocycles. The Kier molecular flexibility index (Phi) is 6.57. The van der Waals surface area contributed by atoms with Gasteiger partial charge in [0.25, 0.3) is 0 Å². The molecule has 0 aliphatic rings. The summed E-state index contributed by atoms with van der Waals surface area (Å²) in [5.41, 5.74) is 9.15. The molecule has 3 rings (SSSR count). The van der Waals surface area contributed by atoms with Gasteiger partial charge in [0.1, 0.15) is 12.4 Å². The van der Waals surface area contributed by atoms with E-state index in [4.69, 9.17) is 27.2 Å². The number of hydrogen-bond donors (Lipinski definition) is 2. The first kappa shape index (κ1) is 21.6. The van der Waals surface area contributed by atoms with E-state index in [9.17, 15) is 9.18 Å². The highest BCUT2D eigenvalue weighted by molar-refractivity contribution is 6.31. The number of pyridine rings is 1. The Labute approximate surface area is 179 Å². The molecule has 5 nitrogen and oxygen atoms in total. The summed E-state index contributed by atoms with van der Waals surface area (Å²) in [5, 5.41) is 9.08. The molecule has 0 fully saturated rings. The predicted molar refractivity (Wildman–Crippen MR) is 115 cm³/mol. The fourth-order valence-corrected chi connectivity index (χ4v) is 3.35. The summed E-state index contributed by atoms with van der Waals surface area (Å²) in [6.07, 6.45) is 2.46. The van der Waals surface area contributed by atoms with Crippen molar-refractivity contribution in [1.29, 1.82) is 0 Å². The van der Waals surface area contributed by atoms with E-state index in [2.05, 4.69) is 4.98 Å². The van der Waals surface area contributed by atoms with Crippen LogP contribution >= 0.6 is 11.6 Å². The summed E-state index contributed by atoms with van der Waals surface area (Å²) in [4.78, 5) is 15.2. The number of nitrogens with two attached hydrogens (primary N) is 1. The van der Waals surface area contributed by atoms with Crippen LogP contribution in [0, 0.1) is 5.82 Å². The minimum absolute atomic E-state index is 0.0414. The Hall–Kier alpha value is -3.12. The number of aromatic carboxylic acids is 1. The second-order valence-electron chi connectivity index (χ2n) is 7.02. The number of ether oxygens (including phenoxy) is 1. The largest absolute Gasteiger partial charge is 0.485 e. The average molecular weight is 429 g/mol. The molecule has 30 heavy (non-hydrogen) atoms. The maximum atomic E-state index is 14.0. The predicted octanol–water partition coefficient (Wildman–Crippen LogP) is 5.91. The quantitative estimate of drug-likeness (QED) is 0.488. The minimum Gasteiger partial charge on any atom is -0.485 e. The van der Waals surface area contributed by atoms with Gasteiger partial charge in [-0.25, -0.2) is 14.2 Å². The van der Waals surface area contributed by atoms with Gasteiger partial charge in [0, 0.05) is 17.3 Å². The SMILES string of the molecule is CCC(C)c1ccc(F)c(Cl)c1COc1cc(-c2ccc(C(=O)O)cc2)cnc1N. The summed E-state index contributed by atoms with van der Waals surface area (Å²) < 4.78 is 19.9. The van der Waals surface area contributed by atoms with Gasteiger partial charge in [-0.15, -0.1) is 0 Å². The topological polar surface area (TPSA) is 85.4 Å². The molecule has 0 radical (unpaired) electrons. The normalized spacial score (nSPS) is 11.9. The highest BCUT2D eigenvalue weighted by atomic mass is 35.5. The monoisotopic (exact) mass is 428 g/mol. The Balaban J connectivity index is 1.89. The first-order chi connectivity index (χ1) is 14.3. The number of hydrogen-bond acceptors (Lipinski definition) is 4. The van der Waals surface area contributed by atoms with Crippen molar-refractivity contribution in [2.75, 3.05) is 5.73 Å². The van der Waals surface area contributed by atoms with Gasteiger partial charge >= 0.3 is 5.97 Å². The number of nitrogen functional groups attached to an aromatic ring is 1. The molecule has 0 amide bonds. The van der Waals surface area contributed by atoms with E-state index in [1.807, 2.05) is 13.8 Å². The average Bonchev–Trinajstić information content (AvgIpc) is 2.75. The third kappa shape index (κ3) is 4.54. The smallest absolute Gasteiger partial charge is 0.335 e. The lowest BCUT2D eigenvalue weighted by atomic mass is 9.94. The lowest BCUT2D eigenvalue weighted by Crippen LogP contribution is -2.07. The number of anilines is 1. The van der Waals surface area contributed by atoms with Crippen molar-refractivity contribution in [1.82, 2.24) is 4.98 Å². The van der Waals surface area contributed by atoms with Crippen LogP contribution in [0.25, 0.3) is 11.1 Å². The maximum absolute atomic E-state index is 14.0. The van der Waals surface area contributed by atoms with Crippen LogP contribution in [0.2, 0.25) is 5.02 Å². The Morgan fingerprint density at radius 3 is 2.57 bits per heavy atom. The fraction of sp³-hybridized carbons (Fsp3) is 0.217. The first-order valence-electron chi connectivity index (χ1n) is 9.50. The van der Waals surface area contributed by atoms with Crippen molar-refractivity contribution in [3.8, 4) is 16.9 Å². The molecular weight excluding hydrogens is 407 g/mol. The summed E-state index contributed by atoms with van der Waals surface area (Å²) in [7, 11) is 0. The molecule has 1 aromatic heterocycles. The molecule has 156 valence electrons. The molecule has 0 aliphatic heterocycles. The van der Waals surface area contributed by atoms with Crippen molar-refractivity contribution in [3.63, 3.8) is 0 Å². The lowest BCUT2D eigenvalue weighted by Gasteiger charge is -2.18. The maximum Gasteiger partial charge on any atom is 0.335 e. The minimum atomic E-state index is -0.995. The number of carboxylic acids is 1. The second kappa shape index (κ2) is 9.13. The summed E-state index contributed by atoms with van der Waals surface area (Å²) >= 11 is 6.22. The van der Waals surface area contributed by atoms with Crippen LogP contribution in [-0.4, -0.2) is 16.1 Å². The summed E-state index contributed by atoms with van der Waals surface area (Å²) in [6, 6.07) is 11.2. The van der Waals surface area contributed by atoms with Gasteiger partial charge in [0.15, 0.2) is 11.6 Å². The van der Waals surface area contributed by atoms with Gasteiger partial charge in [-0.3, -0.25) is 0 Å². The zero-order valence-corrected chi connectivity index (χ0v) is 17.4.